The largest absolute Gasteiger partial charge is 0.486 e. The van der Waals surface area contributed by atoms with E-state index in [9.17, 15) is 4.79 Å². The normalized spacial score (nSPS) is 12.6. The fourth-order valence-electron chi connectivity index (χ4n) is 3.00. The first-order valence-corrected chi connectivity index (χ1v) is 9.92. The molecule has 7 nitrogen and oxygen atoms in total. The van der Waals surface area contributed by atoms with E-state index in [2.05, 4.69) is 15.4 Å². The minimum atomic E-state index is -0.303. The summed E-state index contributed by atoms with van der Waals surface area (Å²) in [5.41, 5.74) is 2.88. The molecule has 0 aliphatic carbocycles. The number of anilines is 1. The van der Waals surface area contributed by atoms with Crippen LogP contribution in [0.5, 0.6) is 11.5 Å². The molecule has 0 radical (unpaired) electrons. The Bertz CT molecular complexity index is 1170. The van der Waals surface area contributed by atoms with Gasteiger partial charge in [0.1, 0.15) is 13.2 Å². The van der Waals surface area contributed by atoms with Crippen molar-refractivity contribution >= 4 is 22.4 Å². The quantitative estimate of drug-likeness (QED) is 0.556. The second-order valence-corrected chi connectivity index (χ2v) is 7.19. The van der Waals surface area contributed by atoms with Crippen LogP contribution >= 0.6 is 11.3 Å². The molecule has 0 saturated carbocycles. The van der Waals surface area contributed by atoms with E-state index >= 15 is 0 Å². The average molecular weight is 404 g/mol. The summed E-state index contributed by atoms with van der Waals surface area (Å²) in [5, 5.41) is 9.55. The zero-order valence-corrected chi connectivity index (χ0v) is 16.1. The van der Waals surface area contributed by atoms with Crippen molar-refractivity contribution in [3.05, 3.63) is 71.9 Å². The fourth-order valence-corrected chi connectivity index (χ4v) is 3.71. The monoisotopic (exact) mass is 404 g/mol. The van der Waals surface area contributed by atoms with Gasteiger partial charge in [0, 0.05) is 17.1 Å². The van der Waals surface area contributed by atoms with Gasteiger partial charge in [-0.3, -0.25) is 10.1 Å². The van der Waals surface area contributed by atoms with Crippen LogP contribution in [0.1, 0.15) is 10.5 Å². The Hall–Kier alpha value is -3.65. The summed E-state index contributed by atoms with van der Waals surface area (Å²) in [6.07, 6.45) is 1.76. The number of hydrogen-bond acceptors (Lipinski definition) is 6. The number of ether oxygens (including phenoxy) is 2. The van der Waals surface area contributed by atoms with E-state index in [1.165, 1.54) is 11.3 Å². The number of fused-ring (bicyclic) bond motifs is 1. The molecule has 3 heterocycles. The van der Waals surface area contributed by atoms with Crippen molar-refractivity contribution in [2.75, 3.05) is 18.5 Å². The maximum absolute atomic E-state index is 12.5. The summed E-state index contributed by atoms with van der Waals surface area (Å²) in [5.74, 6) is 1.14. The number of hydrogen-bond donors (Lipinski definition) is 1. The van der Waals surface area contributed by atoms with E-state index in [0.717, 1.165) is 22.7 Å². The van der Waals surface area contributed by atoms with E-state index in [-0.39, 0.29) is 5.91 Å². The molecule has 29 heavy (non-hydrogen) atoms. The SMILES string of the molecule is O=C(Nc1nc(-c2ccc3c(c2)OCCO3)cs1)c1ccn(-c2ccccc2)n1. The molecule has 0 bridgehead atoms. The lowest BCUT2D eigenvalue weighted by Gasteiger charge is -2.18. The molecule has 1 aliphatic heterocycles. The van der Waals surface area contributed by atoms with E-state index < -0.39 is 0 Å². The van der Waals surface area contributed by atoms with Crippen molar-refractivity contribution in [1.82, 2.24) is 14.8 Å². The summed E-state index contributed by atoms with van der Waals surface area (Å²) in [6.45, 7) is 1.09. The molecule has 2 aromatic carbocycles. The number of rotatable bonds is 4. The third-order valence-corrected chi connectivity index (χ3v) is 5.16. The molecular weight excluding hydrogens is 388 g/mol. The van der Waals surface area contributed by atoms with Gasteiger partial charge < -0.3 is 9.47 Å². The third kappa shape index (κ3) is 3.57. The van der Waals surface area contributed by atoms with Gasteiger partial charge in [-0.1, -0.05) is 18.2 Å². The second-order valence-electron chi connectivity index (χ2n) is 6.33. The van der Waals surface area contributed by atoms with Gasteiger partial charge in [-0.25, -0.2) is 9.67 Å². The van der Waals surface area contributed by atoms with Gasteiger partial charge >= 0.3 is 0 Å². The van der Waals surface area contributed by atoms with Crippen molar-refractivity contribution in [1.29, 1.82) is 0 Å². The standard InChI is InChI=1S/C21H16N4O3S/c26-20(16-8-9-25(24-16)15-4-2-1-3-5-15)23-21-22-17(13-29-21)14-6-7-18-19(12-14)28-11-10-27-18/h1-9,12-13H,10-11H2,(H,22,23,26). The van der Waals surface area contributed by atoms with Crippen molar-refractivity contribution in [2.24, 2.45) is 0 Å². The van der Waals surface area contributed by atoms with Crippen LogP contribution in [0.3, 0.4) is 0 Å². The third-order valence-electron chi connectivity index (χ3n) is 4.41. The topological polar surface area (TPSA) is 78.3 Å². The van der Waals surface area contributed by atoms with E-state index in [1.807, 2.05) is 53.9 Å². The number of benzene rings is 2. The molecule has 1 amide bonds. The molecule has 0 spiro atoms. The average Bonchev–Trinajstić information content (AvgIpc) is 3.44. The lowest BCUT2D eigenvalue weighted by Crippen LogP contribution is -2.15. The minimum Gasteiger partial charge on any atom is -0.486 e. The number of thiazole rings is 1. The van der Waals surface area contributed by atoms with Gasteiger partial charge in [0.25, 0.3) is 5.91 Å². The molecule has 144 valence electrons. The predicted molar refractivity (Wildman–Crippen MR) is 110 cm³/mol. The van der Waals surface area contributed by atoms with Gasteiger partial charge in [-0.2, -0.15) is 5.10 Å². The van der Waals surface area contributed by atoms with Crippen molar-refractivity contribution < 1.29 is 14.3 Å². The summed E-state index contributed by atoms with van der Waals surface area (Å²) in [4.78, 5) is 17.1. The highest BCUT2D eigenvalue weighted by molar-refractivity contribution is 7.14. The van der Waals surface area contributed by atoms with Gasteiger partial charge in [0.15, 0.2) is 22.3 Å². The van der Waals surface area contributed by atoms with Crippen molar-refractivity contribution in [3.63, 3.8) is 0 Å². The Morgan fingerprint density at radius 1 is 1.03 bits per heavy atom. The first kappa shape index (κ1) is 17.4. The van der Waals surface area contributed by atoms with Gasteiger partial charge in [0.05, 0.1) is 11.4 Å². The van der Waals surface area contributed by atoms with Crippen LogP contribution in [-0.2, 0) is 0 Å². The molecule has 8 heteroatoms. The Labute approximate surface area is 170 Å². The summed E-state index contributed by atoms with van der Waals surface area (Å²) in [7, 11) is 0. The molecular formula is C21H16N4O3S. The zero-order chi connectivity index (χ0) is 19.6. The molecule has 2 aromatic heterocycles. The highest BCUT2D eigenvalue weighted by atomic mass is 32.1. The van der Waals surface area contributed by atoms with Crippen LogP contribution in [0.4, 0.5) is 5.13 Å². The Morgan fingerprint density at radius 3 is 2.72 bits per heavy atom. The molecule has 1 N–H and O–H groups in total. The maximum Gasteiger partial charge on any atom is 0.277 e. The van der Waals surface area contributed by atoms with Crippen LogP contribution in [0, 0.1) is 0 Å². The molecule has 0 fully saturated rings. The first-order valence-electron chi connectivity index (χ1n) is 9.04. The zero-order valence-electron chi connectivity index (χ0n) is 15.2. The minimum absolute atomic E-state index is 0.303. The lowest BCUT2D eigenvalue weighted by atomic mass is 10.1. The van der Waals surface area contributed by atoms with Crippen LogP contribution < -0.4 is 14.8 Å². The molecule has 1 aliphatic rings. The molecule has 5 rings (SSSR count). The Morgan fingerprint density at radius 2 is 1.86 bits per heavy atom. The van der Waals surface area contributed by atoms with E-state index in [1.54, 1.807) is 16.9 Å². The first-order chi connectivity index (χ1) is 14.3. The van der Waals surface area contributed by atoms with Crippen LogP contribution in [0.15, 0.2) is 66.2 Å². The van der Waals surface area contributed by atoms with Gasteiger partial charge in [0.2, 0.25) is 0 Å². The molecule has 0 saturated heterocycles. The summed E-state index contributed by atoms with van der Waals surface area (Å²) < 4.78 is 12.8. The highest BCUT2D eigenvalue weighted by Crippen LogP contribution is 2.35. The van der Waals surface area contributed by atoms with E-state index in [0.29, 0.717) is 29.8 Å². The molecule has 0 atom stereocenters. The number of aromatic nitrogens is 3. The second kappa shape index (κ2) is 7.40. The number of nitrogens with zero attached hydrogens (tertiary/aromatic N) is 3. The van der Waals surface area contributed by atoms with Crippen LogP contribution in [0.2, 0.25) is 0 Å². The number of carbonyl (C=O) groups is 1. The summed E-state index contributed by atoms with van der Waals surface area (Å²) >= 11 is 1.36. The van der Waals surface area contributed by atoms with Crippen LogP contribution in [0.25, 0.3) is 16.9 Å². The fraction of sp³-hybridized carbons (Fsp3) is 0.0952. The van der Waals surface area contributed by atoms with E-state index in [4.69, 9.17) is 9.47 Å². The molecule has 4 aromatic rings. The molecule has 0 unspecified atom stereocenters. The predicted octanol–water partition coefficient (Wildman–Crippen LogP) is 4.02. The maximum atomic E-state index is 12.5. The van der Waals surface area contributed by atoms with Gasteiger partial charge in [-0.15, -0.1) is 11.3 Å². The number of carbonyl (C=O) groups excluding carboxylic acids is 1. The lowest BCUT2D eigenvalue weighted by molar-refractivity contribution is 0.102. The smallest absolute Gasteiger partial charge is 0.277 e. The van der Waals surface area contributed by atoms with Crippen molar-refractivity contribution in [3.8, 4) is 28.4 Å². The van der Waals surface area contributed by atoms with Crippen molar-refractivity contribution in [2.45, 2.75) is 0 Å². The Balaban J connectivity index is 1.31. The highest BCUT2D eigenvalue weighted by Gasteiger charge is 2.16. The number of para-hydroxylation sites is 1. The number of amides is 1. The number of nitrogens with one attached hydrogen (secondary N) is 1. The van der Waals surface area contributed by atoms with Gasteiger partial charge in [-0.05, 0) is 36.4 Å². The Kier molecular flexibility index (Phi) is 4.45. The summed E-state index contributed by atoms with van der Waals surface area (Å²) in [6, 6.07) is 17.0. The van der Waals surface area contributed by atoms with Crippen LogP contribution in [-0.4, -0.2) is 33.9 Å².